The van der Waals surface area contributed by atoms with Gasteiger partial charge in [-0.1, -0.05) is 19.4 Å². The van der Waals surface area contributed by atoms with E-state index < -0.39 is 0 Å². The van der Waals surface area contributed by atoms with Crippen LogP contribution in [0.25, 0.3) is 5.65 Å². The number of hydrogen-bond donors (Lipinski definition) is 2. The standard InChI is InChI=1S/C20H33N5O2.HI/c1-4-6-11-26-13-14-27-12-10-22-20(21-5-2)23-15-18-16-25-17(3)8-7-9-19(25)24-18;/h7-9,16H,4-6,10-15H2,1-3H3,(H2,21,22,23);1H. The summed E-state index contributed by atoms with van der Waals surface area (Å²) in [4.78, 5) is 9.23. The number of nitrogens with zero attached hydrogens (tertiary/aromatic N) is 3. The van der Waals surface area contributed by atoms with Crippen LogP contribution in [0.15, 0.2) is 29.4 Å². The molecule has 0 unspecified atom stereocenters. The van der Waals surface area contributed by atoms with Crippen molar-refractivity contribution in [3.63, 3.8) is 0 Å². The van der Waals surface area contributed by atoms with Gasteiger partial charge in [0, 0.05) is 31.6 Å². The van der Waals surface area contributed by atoms with Gasteiger partial charge in [-0.05, 0) is 32.4 Å². The fraction of sp³-hybridized carbons (Fsp3) is 0.600. The fourth-order valence-corrected chi connectivity index (χ4v) is 2.59. The maximum atomic E-state index is 5.57. The average Bonchev–Trinajstić information content (AvgIpc) is 3.09. The largest absolute Gasteiger partial charge is 0.379 e. The van der Waals surface area contributed by atoms with E-state index in [1.165, 1.54) is 0 Å². The van der Waals surface area contributed by atoms with E-state index in [1.54, 1.807) is 0 Å². The molecular weight excluding hydrogens is 469 g/mol. The Bertz CT molecular complexity index is 705. The van der Waals surface area contributed by atoms with Gasteiger partial charge in [0.25, 0.3) is 0 Å². The Hall–Kier alpha value is -1.39. The molecule has 0 fully saturated rings. The highest BCUT2D eigenvalue weighted by Crippen LogP contribution is 2.09. The second kappa shape index (κ2) is 14.6. The highest BCUT2D eigenvalue weighted by molar-refractivity contribution is 14.0. The molecule has 158 valence electrons. The maximum Gasteiger partial charge on any atom is 0.191 e. The molecule has 0 saturated carbocycles. The summed E-state index contributed by atoms with van der Waals surface area (Å²) < 4.78 is 13.1. The van der Waals surface area contributed by atoms with Gasteiger partial charge < -0.3 is 24.5 Å². The number of aryl methyl sites for hydroxylation is 1. The monoisotopic (exact) mass is 503 g/mol. The Balaban J connectivity index is 0.00000392. The number of pyridine rings is 1. The predicted octanol–water partition coefficient (Wildman–Crippen LogP) is 3.15. The number of rotatable bonds is 12. The normalized spacial score (nSPS) is 11.5. The summed E-state index contributed by atoms with van der Waals surface area (Å²) in [5.74, 6) is 0.772. The van der Waals surface area contributed by atoms with E-state index in [1.807, 2.05) is 18.3 Å². The molecule has 0 spiro atoms. The molecule has 2 N–H and O–H groups in total. The number of imidazole rings is 1. The highest BCUT2D eigenvalue weighted by atomic mass is 127. The third-order valence-electron chi connectivity index (χ3n) is 4.04. The van der Waals surface area contributed by atoms with Gasteiger partial charge in [0.05, 0.1) is 32.1 Å². The molecule has 0 radical (unpaired) electrons. The van der Waals surface area contributed by atoms with Crippen molar-refractivity contribution in [1.82, 2.24) is 20.0 Å². The molecule has 28 heavy (non-hydrogen) atoms. The molecule has 0 saturated heterocycles. The predicted molar refractivity (Wildman–Crippen MR) is 125 cm³/mol. The summed E-state index contributed by atoms with van der Waals surface area (Å²) in [5, 5.41) is 6.53. The number of unbranched alkanes of at least 4 members (excludes halogenated alkanes) is 1. The molecule has 0 aromatic carbocycles. The van der Waals surface area contributed by atoms with E-state index in [4.69, 9.17) is 9.47 Å². The van der Waals surface area contributed by atoms with Gasteiger partial charge in [0.1, 0.15) is 5.65 Å². The molecular formula is C20H34IN5O2. The number of halogens is 1. The van der Waals surface area contributed by atoms with Crippen LogP contribution in [-0.4, -0.2) is 54.9 Å². The van der Waals surface area contributed by atoms with Crippen molar-refractivity contribution < 1.29 is 9.47 Å². The maximum absolute atomic E-state index is 5.57. The molecule has 2 rings (SSSR count). The lowest BCUT2D eigenvalue weighted by Crippen LogP contribution is -2.39. The van der Waals surface area contributed by atoms with Crippen molar-refractivity contribution in [3.8, 4) is 0 Å². The molecule has 0 bridgehead atoms. The number of nitrogens with one attached hydrogen (secondary N) is 2. The van der Waals surface area contributed by atoms with Crippen LogP contribution in [0, 0.1) is 6.92 Å². The molecule has 2 aromatic rings. The van der Waals surface area contributed by atoms with E-state index in [9.17, 15) is 0 Å². The van der Waals surface area contributed by atoms with Crippen LogP contribution < -0.4 is 10.6 Å². The third kappa shape index (κ3) is 8.74. The Morgan fingerprint density at radius 3 is 2.61 bits per heavy atom. The second-order valence-electron chi connectivity index (χ2n) is 6.33. The number of aromatic nitrogens is 2. The second-order valence-corrected chi connectivity index (χ2v) is 6.33. The average molecular weight is 503 g/mol. The molecule has 0 aliphatic carbocycles. The van der Waals surface area contributed by atoms with Crippen LogP contribution in [0.2, 0.25) is 0 Å². The van der Waals surface area contributed by atoms with Crippen molar-refractivity contribution in [3.05, 3.63) is 35.8 Å². The summed E-state index contributed by atoms with van der Waals surface area (Å²) >= 11 is 0. The lowest BCUT2D eigenvalue weighted by Gasteiger charge is -2.11. The lowest BCUT2D eigenvalue weighted by molar-refractivity contribution is 0.0487. The summed E-state index contributed by atoms with van der Waals surface area (Å²) in [6.07, 6.45) is 4.31. The summed E-state index contributed by atoms with van der Waals surface area (Å²) in [6, 6.07) is 6.10. The Morgan fingerprint density at radius 2 is 1.89 bits per heavy atom. The van der Waals surface area contributed by atoms with Crippen LogP contribution in [0.1, 0.15) is 38.1 Å². The topological polar surface area (TPSA) is 72.2 Å². The number of fused-ring (bicyclic) bond motifs is 1. The van der Waals surface area contributed by atoms with Crippen molar-refractivity contribution >= 4 is 35.6 Å². The van der Waals surface area contributed by atoms with E-state index in [0.717, 1.165) is 49.0 Å². The third-order valence-corrected chi connectivity index (χ3v) is 4.04. The SMILES string of the molecule is CCCCOCCOCCNC(=NCc1cn2c(C)cccc2n1)NCC.I. The molecule has 0 amide bonds. The first-order chi connectivity index (χ1) is 13.2. The zero-order chi connectivity index (χ0) is 19.3. The van der Waals surface area contributed by atoms with E-state index in [0.29, 0.717) is 32.9 Å². The van der Waals surface area contributed by atoms with Crippen LogP contribution in [0.4, 0.5) is 0 Å². The van der Waals surface area contributed by atoms with Crippen LogP contribution in [-0.2, 0) is 16.0 Å². The van der Waals surface area contributed by atoms with Gasteiger partial charge in [0.15, 0.2) is 5.96 Å². The highest BCUT2D eigenvalue weighted by Gasteiger charge is 2.03. The van der Waals surface area contributed by atoms with E-state index >= 15 is 0 Å². The smallest absolute Gasteiger partial charge is 0.191 e. The van der Waals surface area contributed by atoms with Gasteiger partial charge in [0.2, 0.25) is 0 Å². The van der Waals surface area contributed by atoms with Gasteiger partial charge in [-0.25, -0.2) is 9.98 Å². The van der Waals surface area contributed by atoms with Gasteiger partial charge >= 0.3 is 0 Å². The summed E-state index contributed by atoms with van der Waals surface area (Å²) in [5.41, 5.74) is 3.06. The van der Waals surface area contributed by atoms with Crippen LogP contribution in [0.3, 0.4) is 0 Å². The molecule has 2 aromatic heterocycles. The number of ether oxygens (including phenoxy) is 2. The minimum atomic E-state index is 0. The van der Waals surface area contributed by atoms with Crippen molar-refractivity contribution in [2.45, 2.75) is 40.2 Å². The molecule has 0 aliphatic heterocycles. The van der Waals surface area contributed by atoms with E-state index in [-0.39, 0.29) is 24.0 Å². The lowest BCUT2D eigenvalue weighted by atomic mass is 10.4. The number of aliphatic imine (C=N–C) groups is 1. The Labute approximate surface area is 185 Å². The van der Waals surface area contributed by atoms with Crippen molar-refractivity contribution in [2.24, 2.45) is 4.99 Å². The zero-order valence-corrected chi connectivity index (χ0v) is 19.6. The number of hydrogen-bond acceptors (Lipinski definition) is 4. The number of guanidine groups is 1. The molecule has 0 atom stereocenters. The molecule has 7 nitrogen and oxygen atoms in total. The fourth-order valence-electron chi connectivity index (χ4n) is 2.59. The Kier molecular flexibility index (Phi) is 12.8. The molecule has 8 heteroatoms. The van der Waals surface area contributed by atoms with E-state index in [2.05, 4.69) is 51.8 Å². The first-order valence-corrected chi connectivity index (χ1v) is 9.85. The molecule has 0 aliphatic rings. The first kappa shape index (κ1) is 24.6. The zero-order valence-electron chi connectivity index (χ0n) is 17.2. The van der Waals surface area contributed by atoms with Gasteiger partial charge in [-0.3, -0.25) is 0 Å². The first-order valence-electron chi connectivity index (χ1n) is 9.85. The minimum Gasteiger partial charge on any atom is -0.379 e. The van der Waals surface area contributed by atoms with Crippen molar-refractivity contribution in [1.29, 1.82) is 0 Å². The molecule has 2 heterocycles. The van der Waals surface area contributed by atoms with Crippen LogP contribution >= 0.6 is 24.0 Å². The Morgan fingerprint density at radius 1 is 1.11 bits per heavy atom. The van der Waals surface area contributed by atoms with Crippen molar-refractivity contribution in [2.75, 3.05) is 39.5 Å². The van der Waals surface area contributed by atoms with Crippen LogP contribution in [0.5, 0.6) is 0 Å². The van der Waals surface area contributed by atoms with Gasteiger partial charge in [-0.2, -0.15) is 0 Å². The van der Waals surface area contributed by atoms with Gasteiger partial charge in [-0.15, -0.1) is 24.0 Å². The summed E-state index contributed by atoms with van der Waals surface area (Å²) in [6.45, 7) is 11.0. The quantitative estimate of drug-likeness (QED) is 0.202. The minimum absolute atomic E-state index is 0. The summed E-state index contributed by atoms with van der Waals surface area (Å²) in [7, 11) is 0.